The maximum atomic E-state index is 5.97. The Kier molecular flexibility index (Phi) is 5.08. The van der Waals surface area contributed by atoms with Gasteiger partial charge in [-0.2, -0.15) is 0 Å². The fraction of sp³-hybridized carbons (Fsp3) is 0.444. The Hall–Kier alpha value is -2.14. The number of hydrogen-bond acceptors (Lipinski definition) is 5. The van der Waals surface area contributed by atoms with E-state index in [-0.39, 0.29) is 12.1 Å². The molecule has 2 aromatic heterocycles. The van der Waals surface area contributed by atoms with Gasteiger partial charge in [0.2, 0.25) is 5.88 Å². The molecule has 0 radical (unpaired) electrons. The number of nitrogens with one attached hydrogen (secondary N) is 1. The van der Waals surface area contributed by atoms with Crippen molar-refractivity contribution in [3.63, 3.8) is 0 Å². The first kappa shape index (κ1) is 15.7. The molecule has 1 N–H and O–H groups in total. The highest BCUT2D eigenvalue weighted by atomic mass is 16.5. The first-order chi connectivity index (χ1) is 11.2. The Labute approximate surface area is 137 Å². The lowest BCUT2D eigenvalue weighted by atomic mass is 10.1. The number of anilines is 1. The van der Waals surface area contributed by atoms with Crippen molar-refractivity contribution in [2.75, 3.05) is 25.5 Å². The number of hydrogen-bond donors (Lipinski definition) is 1. The van der Waals surface area contributed by atoms with E-state index in [2.05, 4.69) is 34.2 Å². The van der Waals surface area contributed by atoms with E-state index in [0.717, 1.165) is 31.6 Å². The molecule has 5 heteroatoms. The molecular weight excluding hydrogens is 288 g/mol. The van der Waals surface area contributed by atoms with Crippen molar-refractivity contribution in [2.45, 2.75) is 31.9 Å². The lowest BCUT2D eigenvalue weighted by Crippen LogP contribution is -2.35. The molecule has 2 aromatic rings. The van der Waals surface area contributed by atoms with Crippen molar-refractivity contribution >= 4 is 5.69 Å². The SMILES string of the molecule is CC(Nc1ccc(OC2CCN(C)CC2)nc1)c1ccncc1. The van der Waals surface area contributed by atoms with Crippen LogP contribution in [0.15, 0.2) is 42.9 Å². The molecule has 1 aliphatic rings. The lowest BCUT2D eigenvalue weighted by molar-refractivity contribution is 0.110. The minimum atomic E-state index is 0.209. The summed E-state index contributed by atoms with van der Waals surface area (Å²) in [6, 6.07) is 8.21. The summed E-state index contributed by atoms with van der Waals surface area (Å²) < 4.78 is 5.97. The third kappa shape index (κ3) is 4.42. The standard InChI is InChI=1S/C18H24N4O/c1-14(15-5-9-19-10-6-15)21-16-3-4-18(20-13-16)23-17-7-11-22(2)12-8-17/h3-6,9-10,13-14,17,21H,7-8,11-12H2,1-2H3. The topological polar surface area (TPSA) is 50.3 Å². The van der Waals surface area contributed by atoms with Gasteiger partial charge in [-0.3, -0.25) is 4.98 Å². The van der Waals surface area contributed by atoms with Crippen LogP contribution in [0, 0.1) is 0 Å². The normalized spacial score (nSPS) is 17.7. The van der Waals surface area contributed by atoms with Crippen molar-refractivity contribution in [1.29, 1.82) is 0 Å². The third-order valence-electron chi connectivity index (χ3n) is 4.28. The highest BCUT2D eigenvalue weighted by molar-refractivity contribution is 5.44. The molecule has 0 bridgehead atoms. The van der Waals surface area contributed by atoms with Gasteiger partial charge in [0.05, 0.1) is 11.9 Å². The number of nitrogens with zero attached hydrogens (tertiary/aromatic N) is 3. The molecular formula is C18H24N4O. The van der Waals surface area contributed by atoms with Gasteiger partial charge in [-0.1, -0.05) is 0 Å². The summed E-state index contributed by atoms with van der Waals surface area (Å²) in [5.74, 6) is 0.710. The van der Waals surface area contributed by atoms with Crippen LogP contribution in [0.1, 0.15) is 31.4 Å². The maximum absolute atomic E-state index is 5.97. The Bertz CT molecular complexity index is 594. The van der Waals surface area contributed by atoms with Crippen LogP contribution >= 0.6 is 0 Å². The number of ether oxygens (including phenoxy) is 1. The number of rotatable bonds is 5. The molecule has 1 fully saturated rings. The molecule has 0 aliphatic carbocycles. The van der Waals surface area contributed by atoms with E-state index in [9.17, 15) is 0 Å². The minimum absolute atomic E-state index is 0.209. The Balaban J connectivity index is 1.55. The van der Waals surface area contributed by atoms with Gasteiger partial charge in [-0.25, -0.2) is 4.98 Å². The van der Waals surface area contributed by atoms with Gasteiger partial charge in [0.15, 0.2) is 0 Å². The van der Waals surface area contributed by atoms with E-state index in [1.807, 2.05) is 42.9 Å². The van der Waals surface area contributed by atoms with Gasteiger partial charge >= 0.3 is 0 Å². The fourth-order valence-electron chi connectivity index (χ4n) is 2.79. The molecule has 1 aliphatic heterocycles. The highest BCUT2D eigenvalue weighted by Crippen LogP contribution is 2.21. The molecule has 1 unspecified atom stereocenters. The molecule has 23 heavy (non-hydrogen) atoms. The van der Waals surface area contributed by atoms with Crippen LogP contribution in [0.25, 0.3) is 0 Å². The van der Waals surface area contributed by atoms with E-state index in [4.69, 9.17) is 4.74 Å². The van der Waals surface area contributed by atoms with Crippen molar-refractivity contribution in [3.05, 3.63) is 48.4 Å². The van der Waals surface area contributed by atoms with Crippen LogP contribution < -0.4 is 10.1 Å². The first-order valence-corrected chi connectivity index (χ1v) is 8.18. The van der Waals surface area contributed by atoms with E-state index >= 15 is 0 Å². The van der Waals surface area contributed by atoms with Gasteiger partial charge in [0, 0.05) is 37.6 Å². The van der Waals surface area contributed by atoms with Crippen LogP contribution in [0.5, 0.6) is 5.88 Å². The zero-order valence-electron chi connectivity index (χ0n) is 13.8. The van der Waals surface area contributed by atoms with Crippen LogP contribution in [0.2, 0.25) is 0 Å². The molecule has 122 valence electrons. The molecule has 1 saturated heterocycles. The predicted molar refractivity (Wildman–Crippen MR) is 91.7 cm³/mol. The monoisotopic (exact) mass is 312 g/mol. The summed E-state index contributed by atoms with van der Waals surface area (Å²) in [4.78, 5) is 10.8. The smallest absolute Gasteiger partial charge is 0.213 e. The van der Waals surface area contributed by atoms with Gasteiger partial charge in [-0.15, -0.1) is 0 Å². The second-order valence-electron chi connectivity index (χ2n) is 6.15. The Morgan fingerprint density at radius 1 is 1.17 bits per heavy atom. The summed E-state index contributed by atoms with van der Waals surface area (Å²) >= 11 is 0. The van der Waals surface area contributed by atoms with Crippen LogP contribution in [0.4, 0.5) is 5.69 Å². The van der Waals surface area contributed by atoms with E-state index in [1.54, 1.807) is 0 Å². The number of likely N-dealkylation sites (tertiary alicyclic amines) is 1. The molecule has 0 amide bonds. The summed E-state index contributed by atoms with van der Waals surface area (Å²) in [6.45, 7) is 4.31. The Morgan fingerprint density at radius 3 is 2.57 bits per heavy atom. The van der Waals surface area contributed by atoms with Crippen molar-refractivity contribution < 1.29 is 4.74 Å². The average Bonchev–Trinajstić information content (AvgIpc) is 2.59. The predicted octanol–water partition coefficient (Wildman–Crippen LogP) is 3.12. The molecule has 0 saturated carbocycles. The molecule has 1 atom stereocenters. The van der Waals surface area contributed by atoms with Crippen LogP contribution in [-0.2, 0) is 0 Å². The van der Waals surface area contributed by atoms with Gasteiger partial charge in [-0.05, 0) is 50.6 Å². The number of piperidine rings is 1. The van der Waals surface area contributed by atoms with Gasteiger partial charge in [0.25, 0.3) is 0 Å². The van der Waals surface area contributed by atoms with Crippen molar-refractivity contribution in [3.8, 4) is 5.88 Å². The second kappa shape index (κ2) is 7.42. The summed E-state index contributed by atoms with van der Waals surface area (Å²) in [6.07, 6.45) is 7.87. The lowest BCUT2D eigenvalue weighted by Gasteiger charge is -2.28. The second-order valence-corrected chi connectivity index (χ2v) is 6.15. The van der Waals surface area contributed by atoms with Crippen LogP contribution in [-0.4, -0.2) is 41.1 Å². The molecule has 0 aromatic carbocycles. The van der Waals surface area contributed by atoms with Gasteiger partial charge < -0.3 is 15.0 Å². The number of aromatic nitrogens is 2. The zero-order chi connectivity index (χ0) is 16.1. The number of pyridine rings is 2. The first-order valence-electron chi connectivity index (χ1n) is 8.18. The minimum Gasteiger partial charge on any atom is -0.474 e. The molecule has 3 rings (SSSR count). The van der Waals surface area contributed by atoms with Crippen LogP contribution in [0.3, 0.4) is 0 Å². The van der Waals surface area contributed by atoms with E-state index < -0.39 is 0 Å². The molecule has 0 spiro atoms. The van der Waals surface area contributed by atoms with Crippen molar-refractivity contribution in [1.82, 2.24) is 14.9 Å². The van der Waals surface area contributed by atoms with Crippen molar-refractivity contribution in [2.24, 2.45) is 0 Å². The summed E-state index contributed by atoms with van der Waals surface area (Å²) in [5.41, 5.74) is 2.19. The highest BCUT2D eigenvalue weighted by Gasteiger charge is 2.18. The van der Waals surface area contributed by atoms with E-state index in [1.165, 1.54) is 5.56 Å². The molecule has 3 heterocycles. The summed E-state index contributed by atoms with van der Waals surface area (Å²) in [7, 11) is 2.15. The third-order valence-corrected chi connectivity index (χ3v) is 4.28. The zero-order valence-corrected chi connectivity index (χ0v) is 13.8. The van der Waals surface area contributed by atoms with Gasteiger partial charge in [0.1, 0.15) is 6.10 Å². The van der Waals surface area contributed by atoms with E-state index in [0.29, 0.717) is 5.88 Å². The quantitative estimate of drug-likeness (QED) is 0.919. The Morgan fingerprint density at radius 2 is 1.91 bits per heavy atom. The fourth-order valence-corrected chi connectivity index (χ4v) is 2.79. The maximum Gasteiger partial charge on any atom is 0.213 e. The molecule has 5 nitrogen and oxygen atoms in total. The summed E-state index contributed by atoms with van der Waals surface area (Å²) in [5, 5.41) is 3.44. The largest absolute Gasteiger partial charge is 0.474 e. The average molecular weight is 312 g/mol.